The normalized spacial score (nSPS) is 11.7. The molecule has 0 saturated heterocycles. The van der Waals surface area contributed by atoms with Gasteiger partial charge < -0.3 is 5.32 Å². The molecule has 0 aliphatic carbocycles. The molecule has 0 unspecified atom stereocenters. The van der Waals surface area contributed by atoms with E-state index in [0.717, 1.165) is 0 Å². The van der Waals surface area contributed by atoms with E-state index < -0.39 is 10.2 Å². The first kappa shape index (κ1) is 17.8. The van der Waals surface area contributed by atoms with Gasteiger partial charge in [-0.1, -0.05) is 17.8 Å². The Kier molecular flexibility index (Phi) is 5.16. The molecule has 0 spiro atoms. The van der Waals surface area contributed by atoms with E-state index in [4.69, 9.17) is 5.26 Å². The number of non-ortho nitro benzene ring substituents is 1. The van der Waals surface area contributed by atoms with E-state index in [9.17, 15) is 14.9 Å². The molecule has 2 aromatic carbocycles. The second kappa shape index (κ2) is 7.51. The van der Waals surface area contributed by atoms with Gasteiger partial charge in [0.2, 0.25) is 5.91 Å². The number of carbonyl (C=O) groups excluding carboxylic acids is 1. The van der Waals surface area contributed by atoms with Crippen molar-refractivity contribution in [3.8, 4) is 6.07 Å². The number of rotatable bonds is 5. The van der Waals surface area contributed by atoms with Crippen molar-refractivity contribution < 1.29 is 9.72 Å². The van der Waals surface area contributed by atoms with Crippen LogP contribution in [0.2, 0.25) is 0 Å². The summed E-state index contributed by atoms with van der Waals surface area (Å²) in [6, 6.07) is 13.2. The van der Waals surface area contributed by atoms with Gasteiger partial charge >= 0.3 is 0 Å². The van der Waals surface area contributed by atoms with E-state index in [2.05, 4.69) is 10.3 Å². The molecule has 0 bridgehead atoms. The molecule has 0 radical (unpaired) electrons. The summed E-state index contributed by atoms with van der Waals surface area (Å²) in [5.41, 5.74) is 1.70. The monoisotopic (exact) mass is 384 g/mol. The maximum absolute atomic E-state index is 12.3. The Morgan fingerprint density at radius 1 is 1.38 bits per heavy atom. The summed E-state index contributed by atoms with van der Waals surface area (Å²) in [6.07, 6.45) is 0. The van der Waals surface area contributed by atoms with Crippen molar-refractivity contribution in [2.75, 3.05) is 5.32 Å². The predicted octanol–water partition coefficient (Wildman–Crippen LogP) is 4.20. The molecule has 7 nitrogen and oxygen atoms in total. The molecule has 9 heteroatoms. The van der Waals surface area contributed by atoms with Crippen LogP contribution in [0.25, 0.3) is 10.2 Å². The van der Waals surface area contributed by atoms with Crippen molar-refractivity contribution in [2.24, 2.45) is 0 Å². The molecule has 0 saturated carbocycles. The zero-order valence-corrected chi connectivity index (χ0v) is 15.1. The zero-order valence-electron chi connectivity index (χ0n) is 13.5. The lowest BCUT2D eigenvalue weighted by Crippen LogP contribution is -2.22. The minimum atomic E-state index is -0.447. The molecule has 1 amide bonds. The van der Waals surface area contributed by atoms with E-state index in [0.29, 0.717) is 25.8 Å². The molecule has 1 atom stereocenters. The Labute approximate surface area is 156 Å². The fourth-order valence-corrected chi connectivity index (χ4v) is 4.42. The van der Waals surface area contributed by atoms with E-state index in [1.807, 2.05) is 6.07 Å². The van der Waals surface area contributed by atoms with Gasteiger partial charge in [-0.15, -0.1) is 11.3 Å². The molecular weight excluding hydrogens is 372 g/mol. The van der Waals surface area contributed by atoms with Crippen molar-refractivity contribution in [1.82, 2.24) is 4.98 Å². The lowest BCUT2D eigenvalue weighted by molar-refractivity contribution is -0.384. The van der Waals surface area contributed by atoms with Crippen molar-refractivity contribution in [2.45, 2.75) is 16.5 Å². The number of nitrogens with zero attached hydrogens (tertiary/aromatic N) is 3. The maximum Gasteiger partial charge on any atom is 0.270 e. The van der Waals surface area contributed by atoms with Gasteiger partial charge in [0, 0.05) is 17.8 Å². The predicted molar refractivity (Wildman–Crippen MR) is 101 cm³/mol. The minimum absolute atomic E-state index is 0.0147. The van der Waals surface area contributed by atoms with Gasteiger partial charge in [0.1, 0.15) is 0 Å². The molecule has 1 aromatic heterocycles. The average molecular weight is 384 g/mol. The summed E-state index contributed by atoms with van der Waals surface area (Å²) in [5, 5.41) is 22.1. The summed E-state index contributed by atoms with van der Waals surface area (Å²) < 4.78 is 1.37. The number of thiazole rings is 1. The second-order valence-electron chi connectivity index (χ2n) is 5.33. The Hall–Kier alpha value is -2.96. The van der Waals surface area contributed by atoms with Crippen LogP contribution in [0.15, 0.2) is 46.8 Å². The number of carbonyl (C=O) groups is 1. The number of fused-ring (bicyclic) bond motifs is 1. The molecule has 0 aliphatic rings. The number of benzene rings is 2. The average Bonchev–Trinajstić information content (AvgIpc) is 3.03. The van der Waals surface area contributed by atoms with Crippen LogP contribution in [-0.4, -0.2) is 21.1 Å². The number of thioether (sulfide) groups is 1. The van der Waals surface area contributed by atoms with Crippen molar-refractivity contribution in [3.63, 3.8) is 0 Å². The van der Waals surface area contributed by atoms with Crippen LogP contribution < -0.4 is 5.32 Å². The zero-order chi connectivity index (χ0) is 18.7. The van der Waals surface area contributed by atoms with Gasteiger partial charge in [0.05, 0.1) is 32.0 Å². The van der Waals surface area contributed by atoms with Crippen LogP contribution in [0, 0.1) is 21.4 Å². The number of aromatic nitrogens is 1. The van der Waals surface area contributed by atoms with E-state index in [-0.39, 0.29) is 11.6 Å². The first-order valence-electron chi connectivity index (χ1n) is 7.49. The quantitative estimate of drug-likeness (QED) is 0.401. The van der Waals surface area contributed by atoms with Crippen LogP contribution in [0.5, 0.6) is 0 Å². The number of nitrogens with one attached hydrogen (secondary N) is 1. The van der Waals surface area contributed by atoms with Gasteiger partial charge in [-0.3, -0.25) is 14.9 Å². The molecule has 26 heavy (non-hydrogen) atoms. The molecule has 3 rings (SSSR count). The van der Waals surface area contributed by atoms with Gasteiger partial charge in [0.15, 0.2) is 4.34 Å². The van der Waals surface area contributed by atoms with Crippen LogP contribution in [0.4, 0.5) is 11.4 Å². The third-order valence-corrected chi connectivity index (χ3v) is 5.68. The summed E-state index contributed by atoms with van der Waals surface area (Å²) >= 11 is 2.59. The van der Waals surface area contributed by atoms with Gasteiger partial charge in [-0.25, -0.2) is 4.98 Å². The number of hydrogen-bond donors (Lipinski definition) is 1. The number of nitriles is 1. The lowest BCUT2D eigenvalue weighted by atomic mass is 10.2. The maximum atomic E-state index is 12.3. The Bertz CT molecular complexity index is 1040. The fraction of sp³-hybridized carbons (Fsp3) is 0.118. The van der Waals surface area contributed by atoms with Crippen LogP contribution in [0.3, 0.4) is 0 Å². The minimum Gasteiger partial charge on any atom is -0.325 e. The number of anilines is 1. The van der Waals surface area contributed by atoms with Crippen LogP contribution >= 0.6 is 23.1 Å². The fourth-order valence-electron chi connectivity index (χ4n) is 2.17. The third kappa shape index (κ3) is 3.99. The molecule has 130 valence electrons. The SMILES string of the molecule is C[C@H](Sc1nc2ccc([N+](=O)[O-])cc2s1)C(=O)Nc1cccc(C#N)c1. The smallest absolute Gasteiger partial charge is 0.270 e. The van der Waals surface area contributed by atoms with Gasteiger partial charge in [-0.05, 0) is 31.2 Å². The highest BCUT2D eigenvalue weighted by atomic mass is 32.2. The molecule has 3 aromatic rings. The number of amides is 1. The molecule has 1 heterocycles. The summed E-state index contributed by atoms with van der Waals surface area (Å²) in [5.74, 6) is -0.213. The van der Waals surface area contributed by atoms with Gasteiger partial charge in [-0.2, -0.15) is 5.26 Å². The van der Waals surface area contributed by atoms with E-state index in [1.54, 1.807) is 37.3 Å². The Morgan fingerprint density at radius 2 is 2.19 bits per heavy atom. The van der Waals surface area contributed by atoms with Crippen molar-refractivity contribution in [3.05, 3.63) is 58.1 Å². The summed E-state index contributed by atoms with van der Waals surface area (Å²) in [6.45, 7) is 1.75. The second-order valence-corrected chi connectivity index (χ2v) is 7.95. The van der Waals surface area contributed by atoms with Gasteiger partial charge in [0.25, 0.3) is 5.69 Å². The highest BCUT2D eigenvalue weighted by Crippen LogP contribution is 2.34. The topological polar surface area (TPSA) is 109 Å². The summed E-state index contributed by atoms with van der Waals surface area (Å²) in [7, 11) is 0. The van der Waals surface area contributed by atoms with Crippen molar-refractivity contribution >= 4 is 50.6 Å². The highest BCUT2D eigenvalue weighted by Gasteiger charge is 2.18. The lowest BCUT2D eigenvalue weighted by Gasteiger charge is -2.10. The largest absolute Gasteiger partial charge is 0.325 e. The Balaban J connectivity index is 1.71. The van der Waals surface area contributed by atoms with E-state index >= 15 is 0 Å². The molecule has 1 N–H and O–H groups in total. The van der Waals surface area contributed by atoms with E-state index in [1.165, 1.54) is 35.2 Å². The Morgan fingerprint density at radius 3 is 2.92 bits per heavy atom. The standard InChI is InChI=1S/C17H12N4O3S2/c1-10(16(22)19-12-4-2-3-11(7-12)9-18)25-17-20-14-6-5-13(21(23)24)8-15(14)26-17/h2-8,10H,1H3,(H,19,22)/t10-/m0/s1. The number of nitro groups is 1. The number of hydrogen-bond acceptors (Lipinski definition) is 7. The van der Waals surface area contributed by atoms with Crippen molar-refractivity contribution in [1.29, 1.82) is 5.26 Å². The first-order chi connectivity index (χ1) is 12.5. The summed E-state index contributed by atoms with van der Waals surface area (Å²) in [4.78, 5) is 27.2. The molecular formula is C17H12N4O3S2. The third-order valence-electron chi connectivity index (χ3n) is 3.47. The van der Waals surface area contributed by atoms with Crippen LogP contribution in [0.1, 0.15) is 12.5 Å². The molecule has 0 fully saturated rings. The van der Waals surface area contributed by atoms with Crippen LogP contribution in [-0.2, 0) is 4.79 Å². The highest BCUT2D eigenvalue weighted by molar-refractivity contribution is 8.02. The first-order valence-corrected chi connectivity index (χ1v) is 9.18. The molecule has 0 aliphatic heterocycles. The number of nitro benzene ring substituents is 1.